The first-order chi connectivity index (χ1) is 7.74. The van der Waals surface area contributed by atoms with Gasteiger partial charge in [0.25, 0.3) is 0 Å². The van der Waals surface area contributed by atoms with Crippen LogP contribution < -0.4 is 5.32 Å². The third kappa shape index (κ3) is 2.80. The molecule has 2 rings (SSSR count). The Morgan fingerprint density at radius 1 is 1.50 bits per heavy atom. The Morgan fingerprint density at radius 2 is 2.25 bits per heavy atom. The summed E-state index contributed by atoms with van der Waals surface area (Å²) in [6.45, 7) is 2.01. The zero-order chi connectivity index (χ0) is 11.4. The Hall–Kier alpha value is -0.480. The van der Waals surface area contributed by atoms with Gasteiger partial charge in [0, 0.05) is 31.1 Å². The van der Waals surface area contributed by atoms with E-state index < -0.39 is 0 Å². The molecule has 0 unspecified atom stereocenters. The predicted molar refractivity (Wildman–Crippen MR) is 69.6 cm³/mol. The minimum absolute atomic E-state index is 0.495. The molecule has 1 fully saturated rings. The molecule has 1 heterocycles. The van der Waals surface area contributed by atoms with Gasteiger partial charge in [0.2, 0.25) is 0 Å². The number of nitrogens with zero attached hydrogens (tertiary/aromatic N) is 2. The largest absolute Gasteiger partial charge is 0.310 e. The highest BCUT2D eigenvalue weighted by atomic mass is 32.2. The average molecular weight is 239 g/mol. The molecule has 3 nitrogen and oxygen atoms in total. The van der Waals surface area contributed by atoms with Crippen LogP contribution >= 0.6 is 11.8 Å². The zero-order valence-electron chi connectivity index (χ0n) is 10.2. The van der Waals surface area contributed by atoms with E-state index in [1.165, 1.54) is 25.7 Å². The van der Waals surface area contributed by atoms with E-state index >= 15 is 0 Å². The van der Waals surface area contributed by atoms with Crippen LogP contribution in [0.1, 0.15) is 31.4 Å². The van der Waals surface area contributed by atoms with Gasteiger partial charge in [0.05, 0.1) is 5.69 Å². The van der Waals surface area contributed by atoms with E-state index in [9.17, 15) is 0 Å². The standard InChI is InChI=1S/C12H21N3S/c1-15-8-5-11(14-15)9-13-10-12(16-2)6-3-4-7-12/h5,8,13H,3-4,6-7,9-10H2,1-2H3. The summed E-state index contributed by atoms with van der Waals surface area (Å²) >= 11 is 2.03. The Bertz CT molecular complexity index is 329. The lowest BCUT2D eigenvalue weighted by Crippen LogP contribution is -2.34. The topological polar surface area (TPSA) is 29.9 Å². The molecule has 1 saturated carbocycles. The molecular formula is C12H21N3S. The third-order valence-corrected chi connectivity index (χ3v) is 4.89. The van der Waals surface area contributed by atoms with E-state index in [4.69, 9.17) is 0 Å². The Balaban J connectivity index is 1.78. The first-order valence-corrected chi connectivity index (χ1v) is 7.21. The van der Waals surface area contributed by atoms with E-state index in [1.54, 1.807) is 0 Å². The van der Waals surface area contributed by atoms with Gasteiger partial charge in [-0.25, -0.2) is 0 Å². The van der Waals surface area contributed by atoms with Crippen molar-refractivity contribution in [3.8, 4) is 0 Å². The second kappa shape index (κ2) is 5.23. The second-order valence-corrected chi connectivity index (χ2v) is 5.95. The number of aromatic nitrogens is 2. The Kier molecular flexibility index (Phi) is 3.92. The fraction of sp³-hybridized carbons (Fsp3) is 0.750. The van der Waals surface area contributed by atoms with Crippen LogP contribution in [0.3, 0.4) is 0 Å². The average Bonchev–Trinajstić information content (AvgIpc) is 2.89. The highest BCUT2D eigenvalue weighted by Crippen LogP contribution is 2.39. The normalized spacial score (nSPS) is 19.1. The molecular weight excluding hydrogens is 218 g/mol. The van der Waals surface area contributed by atoms with Crippen LogP contribution in [0.2, 0.25) is 0 Å². The highest BCUT2D eigenvalue weighted by molar-refractivity contribution is 8.00. The van der Waals surface area contributed by atoms with E-state index in [2.05, 4.69) is 22.7 Å². The van der Waals surface area contributed by atoms with E-state index in [0.29, 0.717) is 4.75 Å². The molecule has 0 saturated heterocycles. The maximum Gasteiger partial charge on any atom is 0.0762 e. The van der Waals surface area contributed by atoms with Crippen molar-refractivity contribution in [1.29, 1.82) is 0 Å². The molecule has 1 N–H and O–H groups in total. The van der Waals surface area contributed by atoms with Crippen LogP contribution in [0, 0.1) is 0 Å². The van der Waals surface area contributed by atoms with Gasteiger partial charge in [0.15, 0.2) is 0 Å². The number of rotatable bonds is 5. The number of hydrogen-bond donors (Lipinski definition) is 1. The monoisotopic (exact) mass is 239 g/mol. The highest BCUT2D eigenvalue weighted by Gasteiger charge is 2.32. The molecule has 0 aromatic carbocycles. The van der Waals surface area contributed by atoms with Gasteiger partial charge in [-0.1, -0.05) is 12.8 Å². The quantitative estimate of drug-likeness (QED) is 0.854. The van der Waals surface area contributed by atoms with Crippen molar-refractivity contribution in [1.82, 2.24) is 15.1 Å². The first kappa shape index (κ1) is 12.0. The molecule has 0 atom stereocenters. The van der Waals surface area contributed by atoms with Gasteiger partial charge in [0.1, 0.15) is 0 Å². The van der Waals surface area contributed by atoms with Gasteiger partial charge in [-0.15, -0.1) is 0 Å². The lowest BCUT2D eigenvalue weighted by molar-refractivity contribution is 0.528. The van der Waals surface area contributed by atoms with E-state index in [0.717, 1.165) is 18.8 Å². The summed E-state index contributed by atoms with van der Waals surface area (Å²) in [5.41, 5.74) is 1.14. The van der Waals surface area contributed by atoms with Crippen molar-refractivity contribution in [2.45, 2.75) is 37.0 Å². The molecule has 0 aliphatic heterocycles. The molecule has 16 heavy (non-hydrogen) atoms. The van der Waals surface area contributed by atoms with Crippen molar-refractivity contribution in [2.75, 3.05) is 12.8 Å². The summed E-state index contributed by atoms with van der Waals surface area (Å²) in [6.07, 6.45) is 9.76. The lowest BCUT2D eigenvalue weighted by atomic mass is 10.1. The minimum Gasteiger partial charge on any atom is -0.310 e. The van der Waals surface area contributed by atoms with Gasteiger partial charge < -0.3 is 5.32 Å². The number of hydrogen-bond acceptors (Lipinski definition) is 3. The molecule has 90 valence electrons. The third-order valence-electron chi connectivity index (χ3n) is 3.47. The molecule has 0 radical (unpaired) electrons. The van der Waals surface area contributed by atoms with Crippen LogP contribution in [-0.2, 0) is 13.6 Å². The molecule has 1 aliphatic rings. The predicted octanol–water partition coefficient (Wildman–Crippen LogP) is 2.19. The maximum absolute atomic E-state index is 4.37. The number of thioether (sulfide) groups is 1. The van der Waals surface area contributed by atoms with Gasteiger partial charge in [-0.05, 0) is 25.2 Å². The molecule has 1 aromatic rings. The van der Waals surface area contributed by atoms with E-state index in [-0.39, 0.29) is 0 Å². The molecule has 1 aliphatic carbocycles. The molecule has 1 aromatic heterocycles. The Morgan fingerprint density at radius 3 is 2.81 bits per heavy atom. The van der Waals surface area contributed by atoms with Crippen molar-refractivity contribution in [3.63, 3.8) is 0 Å². The van der Waals surface area contributed by atoms with Crippen LogP contribution in [0.4, 0.5) is 0 Å². The van der Waals surface area contributed by atoms with Crippen LogP contribution in [0.5, 0.6) is 0 Å². The van der Waals surface area contributed by atoms with Crippen molar-refractivity contribution < 1.29 is 0 Å². The summed E-state index contributed by atoms with van der Waals surface area (Å²) in [6, 6.07) is 2.08. The van der Waals surface area contributed by atoms with Crippen molar-refractivity contribution in [3.05, 3.63) is 18.0 Å². The lowest BCUT2D eigenvalue weighted by Gasteiger charge is -2.26. The van der Waals surface area contributed by atoms with Crippen molar-refractivity contribution in [2.24, 2.45) is 7.05 Å². The van der Waals surface area contributed by atoms with Crippen molar-refractivity contribution >= 4 is 11.8 Å². The fourth-order valence-corrected chi connectivity index (χ4v) is 3.39. The first-order valence-electron chi connectivity index (χ1n) is 5.98. The smallest absolute Gasteiger partial charge is 0.0762 e. The molecule has 4 heteroatoms. The fourth-order valence-electron chi connectivity index (χ4n) is 2.45. The summed E-state index contributed by atoms with van der Waals surface area (Å²) in [7, 11) is 1.96. The van der Waals surface area contributed by atoms with Gasteiger partial charge in [-0.3, -0.25) is 4.68 Å². The summed E-state index contributed by atoms with van der Waals surface area (Å²) in [4.78, 5) is 0. The van der Waals surface area contributed by atoms with Crippen LogP contribution in [0.15, 0.2) is 12.3 Å². The minimum atomic E-state index is 0.495. The number of nitrogens with one attached hydrogen (secondary N) is 1. The molecule has 0 bridgehead atoms. The van der Waals surface area contributed by atoms with E-state index in [1.807, 2.05) is 29.7 Å². The summed E-state index contributed by atoms with van der Waals surface area (Å²) in [5, 5.41) is 7.92. The summed E-state index contributed by atoms with van der Waals surface area (Å²) < 4.78 is 2.35. The Labute approximate surface area is 102 Å². The number of aryl methyl sites for hydroxylation is 1. The maximum atomic E-state index is 4.37. The summed E-state index contributed by atoms with van der Waals surface area (Å²) in [5.74, 6) is 0. The van der Waals surface area contributed by atoms with Gasteiger partial charge in [-0.2, -0.15) is 16.9 Å². The van der Waals surface area contributed by atoms with Crippen LogP contribution in [0.25, 0.3) is 0 Å². The van der Waals surface area contributed by atoms with Gasteiger partial charge >= 0.3 is 0 Å². The molecule has 0 spiro atoms. The molecule has 0 amide bonds. The van der Waals surface area contributed by atoms with Crippen LogP contribution in [-0.4, -0.2) is 27.3 Å². The zero-order valence-corrected chi connectivity index (χ0v) is 11.0. The second-order valence-electron chi connectivity index (χ2n) is 4.68. The SMILES string of the molecule is CSC1(CNCc2ccn(C)n2)CCCC1.